The van der Waals surface area contributed by atoms with Crippen molar-refractivity contribution in [1.82, 2.24) is 15.1 Å². The van der Waals surface area contributed by atoms with Gasteiger partial charge in [0.05, 0.1) is 6.04 Å². The molecule has 4 nitrogen and oxygen atoms in total. The molecular formula is C17H26N4S2. The Morgan fingerprint density at radius 2 is 1.91 bits per heavy atom. The molecule has 0 spiro atoms. The first-order valence-corrected chi connectivity index (χ1v) is 9.51. The van der Waals surface area contributed by atoms with E-state index in [9.17, 15) is 0 Å². The Bertz CT molecular complexity index is 576. The fourth-order valence-electron chi connectivity index (χ4n) is 2.43. The van der Waals surface area contributed by atoms with Gasteiger partial charge in [0.25, 0.3) is 0 Å². The molecule has 0 bridgehead atoms. The Labute approximate surface area is 147 Å². The summed E-state index contributed by atoms with van der Waals surface area (Å²) in [5, 5.41) is 7.78. The van der Waals surface area contributed by atoms with Gasteiger partial charge in [-0.3, -0.25) is 4.99 Å². The third-order valence-electron chi connectivity index (χ3n) is 3.80. The van der Waals surface area contributed by atoms with E-state index in [1.54, 1.807) is 11.3 Å². The predicted octanol–water partition coefficient (Wildman–Crippen LogP) is 3.16. The molecule has 0 aromatic carbocycles. The molecule has 0 aliphatic rings. The molecule has 0 aliphatic carbocycles. The van der Waals surface area contributed by atoms with Crippen molar-refractivity contribution in [3.05, 3.63) is 44.8 Å². The molecule has 1 atom stereocenters. The van der Waals surface area contributed by atoms with Crippen molar-refractivity contribution in [2.24, 2.45) is 4.99 Å². The highest BCUT2D eigenvalue weighted by Gasteiger charge is 2.16. The van der Waals surface area contributed by atoms with Crippen molar-refractivity contribution in [3.8, 4) is 0 Å². The van der Waals surface area contributed by atoms with Gasteiger partial charge in [-0.05, 0) is 43.4 Å². The van der Waals surface area contributed by atoms with Crippen LogP contribution in [0.25, 0.3) is 0 Å². The minimum atomic E-state index is 0.359. The first kappa shape index (κ1) is 18.0. The van der Waals surface area contributed by atoms with Gasteiger partial charge in [-0.2, -0.15) is 0 Å². The van der Waals surface area contributed by atoms with E-state index in [0.717, 1.165) is 25.5 Å². The number of thiophene rings is 2. The van der Waals surface area contributed by atoms with Gasteiger partial charge in [-0.15, -0.1) is 22.7 Å². The lowest BCUT2D eigenvalue weighted by Crippen LogP contribution is -2.43. The molecule has 0 amide bonds. The van der Waals surface area contributed by atoms with Gasteiger partial charge in [-0.1, -0.05) is 12.1 Å². The van der Waals surface area contributed by atoms with E-state index in [1.165, 1.54) is 9.75 Å². The number of likely N-dealkylation sites (N-methyl/N-ethyl adjacent to an activating group) is 2. The molecule has 0 fully saturated rings. The van der Waals surface area contributed by atoms with Crippen LogP contribution in [0.2, 0.25) is 0 Å². The van der Waals surface area contributed by atoms with E-state index in [-0.39, 0.29) is 0 Å². The average Bonchev–Trinajstić information content (AvgIpc) is 3.22. The second kappa shape index (κ2) is 9.05. The predicted molar refractivity (Wildman–Crippen MR) is 103 cm³/mol. The number of rotatable bonds is 7. The monoisotopic (exact) mass is 350 g/mol. The molecule has 0 saturated heterocycles. The minimum Gasteiger partial charge on any atom is -0.354 e. The summed E-state index contributed by atoms with van der Waals surface area (Å²) in [7, 11) is 8.18. The van der Waals surface area contributed by atoms with E-state index in [4.69, 9.17) is 0 Å². The fraction of sp³-hybridized carbons (Fsp3) is 0.471. The van der Waals surface area contributed by atoms with Crippen molar-refractivity contribution in [1.29, 1.82) is 0 Å². The Morgan fingerprint density at radius 1 is 1.17 bits per heavy atom. The highest BCUT2D eigenvalue weighted by atomic mass is 32.1. The van der Waals surface area contributed by atoms with Crippen LogP contribution in [0, 0.1) is 0 Å². The summed E-state index contributed by atoms with van der Waals surface area (Å²) in [6.07, 6.45) is 1.05. The molecule has 2 aromatic rings. The number of hydrogen-bond donors (Lipinski definition) is 1. The molecule has 126 valence electrons. The molecule has 2 aromatic heterocycles. The molecule has 0 saturated carbocycles. The zero-order valence-electron chi connectivity index (χ0n) is 14.3. The lowest BCUT2D eigenvalue weighted by atomic mass is 10.2. The van der Waals surface area contributed by atoms with Gasteiger partial charge in [0.15, 0.2) is 5.96 Å². The van der Waals surface area contributed by atoms with Crippen LogP contribution in [-0.2, 0) is 6.42 Å². The summed E-state index contributed by atoms with van der Waals surface area (Å²) in [4.78, 5) is 11.7. The summed E-state index contributed by atoms with van der Waals surface area (Å²) in [5.74, 6) is 0.949. The van der Waals surface area contributed by atoms with Gasteiger partial charge in [-0.25, -0.2) is 0 Å². The highest BCUT2D eigenvalue weighted by Crippen LogP contribution is 2.22. The molecule has 0 aliphatic heterocycles. The molecular weight excluding hydrogens is 324 g/mol. The minimum absolute atomic E-state index is 0.359. The first-order chi connectivity index (χ1) is 11.1. The molecule has 23 heavy (non-hydrogen) atoms. The topological polar surface area (TPSA) is 30.9 Å². The summed E-state index contributed by atoms with van der Waals surface area (Å²) < 4.78 is 0. The quantitative estimate of drug-likeness (QED) is 0.615. The molecule has 2 rings (SSSR count). The maximum absolute atomic E-state index is 4.42. The molecule has 1 N–H and O–H groups in total. The van der Waals surface area contributed by atoms with Crippen LogP contribution < -0.4 is 5.32 Å². The number of guanidine groups is 1. The van der Waals surface area contributed by atoms with Gasteiger partial charge >= 0.3 is 0 Å². The second-order valence-electron chi connectivity index (χ2n) is 5.67. The summed E-state index contributed by atoms with van der Waals surface area (Å²) >= 11 is 3.61. The van der Waals surface area contributed by atoms with Crippen molar-refractivity contribution in [2.45, 2.75) is 12.5 Å². The lowest BCUT2D eigenvalue weighted by Gasteiger charge is -2.27. The number of nitrogens with zero attached hydrogens (tertiary/aromatic N) is 3. The van der Waals surface area contributed by atoms with Crippen molar-refractivity contribution in [3.63, 3.8) is 0 Å². The molecule has 0 radical (unpaired) electrons. The van der Waals surface area contributed by atoms with Gasteiger partial charge < -0.3 is 15.1 Å². The SMILES string of the molecule is CN=C(NCC(c1cccs1)N(C)C)N(C)CCc1cccs1. The normalized spacial score (nSPS) is 13.3. The van der Waals surface area contributed by atoms with Crippen LogP contribution in [-0.4, -0.2) is 57.0 Å². The van der Waals surface area contributed by atoms with E-state index < -0.39 is 0 Å². The Morgan fingerprint density at radius 3 is 2.48 bits per heavy atom. The number of aliphatic imine (C=N–C) groups is 1. The standard InChI is InChI=1S/C17H26N4S2/c1-18-17(21(4)10-9-14-7-5-11-22-14)19-13-15(20(2)3)16-8-6-12-23-16/h5-8,11-12,15H,9-10,13H2,1-4H3,(H,18,19). The zero-order valence-corrected chi connectivity index (χ0v) is 16.0. The third-order valence-corrected chi connectivity index (χ3v) is 5.71. The van der Waals surface area contributed by atoms with Gasteiger partial charge in [0.2, 0.25) is 0 Å². The average molecular weight is 351 g/mol. The molecule has 2 heterocycles. The largest absolute Gasteiger partial charge is 0.354 e. The van der Waals surface area contributed by atoms with Crippen LogP contribution in [0.5, 0.6) is 0 Å². The summed E-state index contributed by atoms with van der Waals surface area (Å²) in [5.41, 5.74) is 0. The Balaban J connectivity index is 1.88. The van der Waals surface area contributed by atoms with Crippen LogP contribution in [0.15, 0.2) is 40.0 Å². The van der Waals surface area contributed by atoms with Crippen molar-refractivity contribution < 1.29 is 0 Å². The van der Waals surface area contributed by atoms with E-state index in [1.807, 2.05) is 18.4 Å². The number of nitrogens with one attached hydrogen (secondary N) is 1. The number of hydrogen-bond acceptors (Lipinski definition) is 4. The Hall–Kier alpha value is -1.37. The van der Waals surface area contributed by atoms with Crippen LogP contribution >= 0.6 is 22.7 Å². The van der Waals surface area contributed by atoms with E-state index >= 15 is 0 Å². The van der Waals surface area contributed by atoms with Crippen LogP contribution in [0.1, 0.15) is 15.8 Å². The highest BCUT2D eigenvalue weighted by molar-refractivity contribution is 7.10. The zero-order chi connectivity index (χ0) is 16.7. The van der Waals surface area contributed by atoms with Gasteiger partial charge in [0, 0.05) is 36.9 Å². The Kier molecular flexibility index (Phi) is 7.08. The maximum Gasteiger partial charge on any atom is 0.193 e. The second-order valence-corrected chi connectivity index (χ2v) is 7.69. The van der Waals surface area contributed by atoms with Crippen LogP contribution in [0.4, 0.5) is 0 Å². The third kappa shape index (κ3) is 5.34. The van der Waals surface area contributed by atoms with Gasteiger partial charge in [0.1, 0.15) is 0 Å². The van der Waals surface area contributed by atoms with E-state index in [0.29, 0.717) is 6.04 Å². The maximum atomic E-state index is 4.42. The molecule has 6 heteroatoms. The summed E-state index contributed by atoms with van der Waals surface area (Å²) in [6.45, 7) is 1.81. The van der Waals surface area contributed by atoms with Crippen molar-refractivity contribution in [2.75, 3.05) is 41.3 Å². The van der Waals surface area contributed by atoms with Crippen LogP contribution in [0.3, 0.4) is 0 Å². The lowest BCUT2D eigenvalue weighted by molar-refractivity contribution is 0.299. The fourth-order valence-corrected chi connectivity index (χ4v) is 4.05. The smallest absolute Gasteiger partial charge is 0.193 e. The van der Waals surface area contributed by atoms with Crippen molar-refractivity contribution >= 4 is 28.6 Å². The molecule has 1 unspecified atom stereocenters. The van der Waals surface area contributed by atoms with E-state index in [2.05, 4.69) is 76.3 Å². The first-order valence-electron chi connectivity index (χ1n) is 7.75. The summed E-state index contributed by atoms with van der Waals surface area (Å²) in [6, 6.07) is 8.96.